The lowest BCUT2D eigenvalue weighted by molar-refractivity contribution is -0.121. The van der Waals surface area contributed by atoms with Gasteiger partial charge in [-0.15, -0.1) is 0 Å². The van der Waals surface area contributed by atoms with Crippen LogP contribution in [0, 0.1) is 5.92 Å². The second-order valence-electron chi connectivity index (χ2n) is 4.22. The van der Waals surface area contributed by atoms with Gasteiger partial charge >= 0.3 is 0 Å². The van der Waals surface area contributed by atoms with Crippen molar-refractivity contribution in [3.63, 3.8) is 0 Å². The molecule has 0 bridgehead atoms. The molecule has 15 heavy (non-hydrogen) atoms. The molecule has 4 heteroatoms. The van der Waals surface area contributed by atoms with Crippen LogP contribution in [-0.2, 0) is 4.79 Å². The minimum absolute atomic E-state index is 0.0842. The summed E-state index contributed by atoms with van der Waals surface area (Å²) in [7, 11) is 0. The van der Waals surface area contributed by atoms with Crippen molar-refractivity contribution in [1.29, 1.82) is 0 Å². The van der Waals surface area contributed by atoms with Crippen LogP contribution >= 0.6 is 0 Å². The average molecular weight is 216 g/mol. The summed E-state index contributed by atoms with van der Waals surface area (Å²) in [6.45, 7) is 5.08. The van der Waals surface area contributed by atoms with Gasteiger partial charge in [-0.25, -0.2) is 0 Å². The van der Waals surface area contributed by atoms with Crippen LogP contribution < -0.4 is 11.1 Å². The number of hydrogen-bond acceptors (Lipinski definition) is 3. The smallest absolute Gasteiger partial charge is 0.220 e. The van der Waals surface area contributed by atoms with Gasteiger partial charge in [-0.2, -0.15) is 0 Å². The second kappa shape index (κ2) is 8.68. The quantitative estimate of drug-likeness (QED) is 0.521. The van der Waals surface area contributed by atoms with E-state index in [1.807, 2.05) is 6.92 Å². The molecule has 0 aliphatic rings. The standard InChI is InChI=1S/C11H24N2O2/c1-9(8-12)5-6-11(15)13-7-3-4-10(2)14/h9-10,14H,3-8,12H2,1-2H3,(H,13,15). The van der Waals surface area contributed by atoms with Crippen molar-refractivity contribution < 1.29 is 9.90 Å². The molecule has 0 radical (unpaired) electrons. The molecule has 0 aliphatic heterocycles. The van der Waals surface area contributed by atoms with E-state index in [2.05, 4.69) is 5.32 Å². The van der Waals surface area contributed by atoms with E-state index in [0.29, 0.717) is 25.4 Å². The number of nitrogens with one attached hydrogen (secondary N) is 1. The highest BCUT2D eigenvalue weighted by atomic mass is 16.3. The molecule has 0 saturated heterocycles. The third-order valence-electron chi connectivity index (χ3n) is 2.39. The Bertz CT molecular complexity index is 172. The highest BCUT2D eigenvalue weighted by Gasteiger charge is 2.04. The van der Waals surface area contributed by atoms with E-state index in [1.165, 1.54) is 0 Å². The number of carbonyl (C=O) groups excluding carboxylic acids is 1. The fraction of sp³-hybridized carbons (Fsp3) is 0.909. The van der Waals surface area contributed by atoms with Gasteiger partial charge in [0.15, 0.2) is 0 Å². The first-order valence-electron chi connectivity index (χ1n) is 5.71. The average Bonchev–Trinajstić information content (AvgIpc) is 2.20. The molecule has 0 aromatic carbocycles. The summed E-state index contributed by atoms with van der Waals surface area (Å²) in [4.78, 5) is 11.3. The summed E-state index contributed by atoms with van der Waals surface area (Å²) in [5, 5.41) is 11.8. The SMILES string of the molecule is CC(O)CCCNC(=O)CCC(C)CN. The largest absolute Gasteiger partial charge is 0.393 e. The van der Waals surface area contributed by atoms with E-state index in [-0.39, 0.29) is 12.0 Å². The van der Waals surface area contributed by atoms with E-state index in [9.17, 15) is 4.79 Å². The molecule has 0 spiro atoms. The summed E-state index contributed by atoms with van der Waals surface area (Å²) < 4.78 is 0. The number of aliphatic hydroxyl groups is 1. The number of carbonyl (C=O) groups is 1. The van der Waals surface area contributed by atoms with Crippen LogP contribution in [0.2, 0.25) is 0 Å². The van der Waals surface area contributed by atoms with Crippen LogP contribution in [0.25, 0.3) is 0 Å². The minimum atomic E-state index is -0.279. The predicted octanol–water partition coefficient (Wildman–Crippen LogP) is 0.639. The van der Waals surface area contributed by atoms with Crippen molar-refractivity contribution in [3.8, 4) is 0 Å². The van der Waals surface area contributed by atoms with Crippen LogP contribution in [-0.4, -0.2) is 30.2 Å². The molecule has 4 nitrogen and oxygen atoms in total. The molecule has 2 unspecified atom stereocenters. The van der Waals surface area contributed by atoms with E-state index in [4.69, 9.17) is 10.8 Å². The van der Waals surface area contributed by atoms with Gasteiger partial charge in [0.1, 0.15) is 0 Å². The van der Waals surface area contributed by atoms with Crippen molar-refractivity contribution in [3.05, 3.63) is 0 Å². The molecular weight excluding hydrogens is 192 g/mol. The molecule has 0 fully saturated rings. The van der Waals surface area contributed by atoms with Gasteiger partial charge in [0.2, 0.25) is 5.91 Å². The van der Waals surface area contributed by atoms with Gasteiger partial charge in [-0.05, 0) is 38.6 Å². The molecule has 2 atom stereocenters. The van der Waals surface area contributed by atoms with E-state index in [0.717, 1.165) is 19.3 Å². The van der Waals surface area contributed by atoms with Gasteiger partial charge in [-0.1, -0.05) is 6.92 Å². The minimum Gasteiger partial charge on any atom is -0.393 e. The Kier molecular flexibility index (Phi) is 8.33. The molecule has 1 amide bonds. The van der Waals surface area contributed by atoms with Crippen molar-refractivity contribution in [2.75, 3.05) is 13.1 Å². The van der Waals surface area contributed by atoms with E-state index in [1.54, 1.807) is 6.92 Å². The van der Waals surface area contributed by atoms with Crippen molar-refractivity contribution in [2.24, 2.45) is 11.7 Å². The Morgan fingerprint density at radius 3 is 2.60 bits per heavy atom. The zero-order valence-corrected chi connectivity index (χ0v) is 9.83. The Labute approximate surface area is 92.2 Å². The number of amides is 1. The Hall–Kier alpha value is -0.610. The molecule has 0 aromatic rings. The zero-order chi connectivity index (χ0) is 11.7. The predicted molar refractivity (Wildman–Crippen MR) is 61.4 cm³/mol. The number of hydrogen-bond donors (Lipinski definition) is 3. The van der Waals surface area contributed by atoms with Gasteiger partial charge < -0.3 is 16.2 Å². The summed E-state index contributed by atoms with van der Waals surface area (Å²) in [5.41, 5.74) is 5.45. The summed E-state index contributed by atoms with van der Waals surface area (Å²) >= 11 is 0. The van der Waals surface area contributed by atoms with Crippen LogP contribution in [0.15, 0.2) is 0 Å². The Morgan fingerprint density at radius 1 is 1.40 bits per heavy atom. The second-order valence-corrected chi connectivity index (χ2v) is 4.22. The molecule has 0 heterocycles. The molecule has 4 N–H and O–H groups in total. The number of nitrogens with two attached hydrogens (primary N) is 1. The molecule has 0 aromatic heterocycles. The van der Waals surface area contributed by atoms with Crippen molar-refractivity contribution in [2.45, 2.75) is 45.6 Å². The van der Waals surface area contributed by atoms with Crippen LogP contribution in [0.1, 0.15) is 39.5 Å². The summed E-state index contributed by atoms with van der Waals surface area (Å²) in [5.74, 6) is 0.495. The van der Waals surface area contributed by atoms with E-state index >= 15 is 0 Å². The maximum atomic E-state index is 11.3. The number of aliphatic hydroxyl groups excluding tert-OH is 1. The normalized spacial score (nSPS) is 14.7. The third-order valence-corrected chi connectivity index (χ3v) is 2.39. The van der Waals surface area contributed by atoms with Crippen LogP contribution in [0.4, 0.5) is 0 Å². The first kappa shape index (κ1) is 14.4. The molecular formula is C11H24N2O2. The first-order valence-corrected chi connectivity index (χ1v) is 5.71. The fourth-order valence-electron chi connectivity index (χ4n) is 1.21. The zero-order valence-electron chi connectivity index (χ0n) is 9.83. The molecule has 0 aliphatic carbocycles. The van der Waals surface area contributed by atoms with Gasteiger partial charge in [-0.3, -0.25) is 4.79 Å². The maximum Gasteiger partial charge on any atom is 0.220 e. The first-order chi connectivity index (χ1) is 7.06. The Morgan fingerprint density at radius 2 is 2.07 bits per heavy atom. The Balaban J connectivity index is 3.34. The topological polar surface area (TPSA) is 75.3 Å². The number of rotatable bonds is 8. The lowest BCUT2D eigenvalue weighted by atomic mass is 10.1. The van der Waals surface area contributed by atoms with Crippen molar-refractivity contribution >= 4 is 5.91 Å². The summed E-state index contributed by atoms with van der Waals surface area (Å²) in [6.07, 6.45) is 2.68. The molecule has 90 valence electrons. The molecule has 0 saturated carbocycles. The van der Waals surface area contributed by atoms with Gasteiger partial charge in [0.25, 0.3) is 0 Å². The third kappa shape index (κ3) is 9.69. The van der Waals surface area contributed by atoms with Crippen LogP contribution in [0.5, 0.6) is 0 Å². The highest BCUT2D eigenvalue weighted by molar-refractivity contribution is 5.75. The monoisotopic (exact) mass is 216 g/mol. The van der Waals surface area contributed by atoms with E-state index < -0.39 is 0 Å². The lowest BCUT2D eigenvalue weighted by Gasteiger charge is -2.09. The maximum absolute atomic E-state index is 11.3. The van der Waals surface area contributed by atoms with Gasteiger partial charge in [0, 0.05) is 13.0 Å². The fourth-order valence-corrected chi connectivity index (χ4v) is 1.21. The highest BCUT2D eigenvalue weighted by Crippen LogP contribution is 2.02. The van der Waals surface area contributed by atoms with Crippen molar-refractivity contribution in [1.82, 2.24) is 5.32 Å². The van der Waals surface area contributed by atoms with Gasteiger partial charge in [0.05, 0.1) is 6.10 Å². The summed E-state index contributed by atoms with van der Waals surface area (Å²) in [6, 6.07) is 0. The molecule has 0 rings (SSSR count). The van der Waals surface area contributed by atoms with Crippen LogP contribution in [0.3, 0.4) is 0 Å². The lowest BCUT2D eigenvalue weighted by Crippen LogP contribution is -2.25.